The molecule has 0 aromatic heterocycles. The lowest BCUT2D eigenvalue weighted by Gasteiger charge is -2.38. The molecule has 0 saturated carbocycles. The zero-order valence-corrected chi connectivity index (χ0v) is 22.7. The molecule has 9 heteroatoms. The van der Waals surface area contributed by atoms with E-state index in [-0.39, 0.29) is 17.7 Å². The number of esters is 1. The Bertz CT molecular complexity index is 1340. The Labute approximate surface area is 237 Å². The smallest absolute Gasteiger partial charge is 0.491 e. The zero-order chi connectivity index (χ0) is 28.8. The van der Waals surface area contributed by atoms with Crippen LogP contribution in [0.3, 0.4) is 0 Å². The summed E-state index contributed by atoms with van der Waals surface area (Å²) in [6.45, 7) is 2.07. The number of carbonyl (C=O) groups excluding carboxylic acids is 2. The second kappa shape index (κ2) is 12.8. The first-order valence-corrected chi connectivity index (χ1v) is 14.0. The standard InChI is InChI=1S/C32H33F3N2O4/c33-32(34,35)31(39)41-27-13-14-28-24(21-27)15-18-37(30(38)23-6-2-1-3-7-23)29(28)20-22-9-11-26(12-10-22)40-19-16-25-8-4-5-17-36-25/h1-3,6-7,9-14,21,25,29,36H,4-5,8,15-20H2. The van der Waals surface area contributed by atoms with Gasteiger partial charge in [0.05, 0.1) is 12.6 Å². The third kappa shape index (κ3) is 7.27. The molecule has 3 aromatic rings. The summed E-state index contributed by atoms with van der Waals surface area (Å²) in [5, 5.41) is 3.53. The normalized spacial score (nSPS) is 18.9. The highest BCUT2D eigenvalue weighted by molar-refractivity contribution is 5.94. The number of rotatable bonds is 8. The van der Waals surface area contributed by atoms with Crippen molar-refractivity contribution in [3.8, 4) is 11.5 Å². The predicted octanol–water partition coefficient (Wildman–Crippen LogP) is 6.05. The SMILES string of the molecule is O=C(c1ccccc1)N1CCc2cc(OC(=O)C(F)(F)F)ccc2C1Cc1ccc(OCCC2CCCCN2)cc1. The highest BCUT2D eigenvalue weighted by Crippen LogP contribution is 2.36. The van der Waals surface area contributed by atoms with Crippen LogP contribution in [0.1, 0.15) is 58.8 Å². The predicted molar refractivity (Wildman–Crippen MR) is 148 cm³/mol. The van der Waals surface area contributed by atoms with Gasteiger partial charge in [0.2, 0.25) is 0 Å². The monoisotopic (exact) mass is 566 g/mol. The average molecular weight is 567 g/mol. The van der Waals surface area contributed by atoms with Crippen LogP contribution in [0.2, 0.25) is 0 Å². The highest BCUT2D eigenvalue weighted by Gasteiger charge is 2.41. The van der Waals surface area contributed by atoms with E-state index in [0.29, 0.717) is 37.6 Å². The Morgan fingerprint density at radius 2 is 1.71 bits per heavy atom. The highest BCUT2D eigenvalue weighted by atomic mass is 19.4. The van der Waals surface area contributed by atoms with E-state index < -0.39 is 12.1 Å². The lowest BCUT2D eigenvalue weighted by Crippen LogP contribution is -2.41. The molecule has 0 aliphatic carbocycles. The van der Waals surface area contributed by atoms with Gasteiger partial charge < -0.3 is 19.7 Å². The number of piperidine rings is 1. The van der Waals surface area contributed by atoms with Gasteiger partial charge in [-0.25, -0.2) is 4.79 Å². The van der Waals surface area contributed by atoms with Crippen molar-refractivity contribution >= 4 is 11.9 Å². The number of nitrogens with zero attached hydrogens (tertiary/aromatic N) is 1. The molecule has 2 aliphatic rings. The summed E-state index contributed by atoms with van der Waals surface area (Å²) in [7, 11) is 0. The molecule has 2 atom stereocenters. The third-order valence-corrected chi connectivity index (χ3v) is 7.70. The van der Waals surface area contributed by atoms with Crippen LogP contribution in [0.25, 0.3) is 0 Å². The van der Waals surface area contributed by atoms with Crippen LogP contribution in [0, 0.1) is 0 Å². The van der Waals surface area contributed by atoms with Crippen LogP contribution in [0.4, 0.5) is 13.2 Å². The Morgan fingerprint density at radius 3 is 2.41 bits per heavy atom. The van der Waals surface area contributed by atoms with Crippen LogP contribution in [-0.4, -0.2) is 48.7 Å². The van der Waals surface area contributed by atoms with Crippen LogP contribution in [0.15, 0.2) is 72.8 Å². The number of hydrogen-bond acceptors (Lipinski definition) is 5. The molecule has 0 radical (unpaired) electrons. The van der Waals surface area contributed by atoms with Gasteiger partial charge in [0, 0.05) is 18.2 Å². The van der Waals surface area contributed by atoms with E-state index in [2.05, 4.69) is 10.1 Å². The molecule has 1 N–H and O–H groups in total. The van der Waals surface area contributed by atoms with E-state index in [1.165, 1.54) is 31.4 Å². The van der Waals surface area contributed by atoms with E-state index in [0.717, 1.165) is 35.4 Å². The number of halogens is 3. The van der Waals surface area contributed by atoms with E-state index in [9.17, 15) is 22.8 Å². The van der Waals surface area contributed by atoms with Gasteiger partial charge in [-0.2, -0.15) is 13.2 Å². The van der Waals surface area contributed by atoms with Crippen LogP contribution < -0.4 is 14.8 Å². The van der Waals surface area contributed by atoms with Gasteiger partial charge in [0.1, 0.15) is 11.5 Å². The molecular formula is C32H33F3N2O4. The Morgan fingerprint density at radius 1 is 0.951 bits per heavy atom. The van der Waals surface area contributed by atoms with Crippen molar-refractivity contribution in [1.82, 2.24) is 10.2 Å². The van der Waals surface area contributed by atoms with Crippen molar-refractivity contribution in [1.29, 1.82) is 0 Å². The molecule has 6 nitrogen and oxygen atoms in total. The Kier molecular flexibility index (Phi) is 8.93. The number of alkyl halides is 3. The van der Waals surface area contributed by atoms with E-state index in [1.54, 1.807) is 23.1 Å². The van der Waals surface area contributed by atoms with Crippen molar-refractivity contribution in [2.75, 3.05) is 19.7 Å². The molecule has 0 bridgehead atoms. The van der Waals surface area contributed by atoms with Gasteiger partial charge in [-0.3, -0.25) is 4.79 Å². The van der Waals surface area contributed by atoms with Crippen molar-refractivity contribution in [3.05, 3.63) is 95.1 Å². The number of amides is 1. The molecule has 2 unspecified atom stereocenters. The third-order valence-electron chi connectivity index (χ3n) is 7.70. The molecule has 1 amide bonds. The van der Waals surface area contributed by atoms with Crippen LogP contribution >= 0.6 is 0 Å². The molecule has 2 aliphatic heterocycles. The number of benzene rings is 3. The summed E-state index contributed by atoms with van der Waals surface area (Å²) >= 11 is 0. The first-order chi connectivity index (χ1) is 19.8. The van der Waals surface area contributed by atoms with Gasteiger partial charge in [-0.05, 0) is 91.7 Å². The quantitative estimate of drug-likeness (QED) is 0.266. The maximum Gasteiger partial charge on any atom is 0.491 e. The van der Waals surface area contributed by atoms with Crippen molar-refractivity contribution < 1.29 is 32.2 Å². The van der Waals surface area contributed by atoms with Crippen LogP contribution in [-0.2, 0) is 17.6 Å². The van der Waals surface area contributed by atoms with Gasteiger partial charge in [0.25, 0.3) is 5.91 Å². The van der Waals surface area contributed by atoms with E-state index in [4.69, 9.17) is 4.74 Å². The number of nitrogens with one attached hydrogen (secondary N) is 1. The zero-order valence-electron chi connectivity index (χ0n) is 22.7. The summed E-state index contributed by atoms with van der Waals surface area (Å²) in [5.74, 6) is -1.77. The Hall–Kier alpha value is -3.85. The second-order valence-electron chi connectivity index (χ2n) is 10.5. The van der Waals surface area contributed by atoms with Gasteiger partial charge >= 0.3 is 12.1 Å². The van der Waals surface area contributed by atoms with Gasteiger partial charge in [-0.1, -0.05) is 42.8 Å². The Balaban J connectivity index is 1.33. The largest absolute Gasteiger partial charge is 0.494 e. The maximum absolute atomic E-state index is 13.5. The van der Waals surface area contributed by atoms with Gasteiger partial charge in [-0.15, -0.1) is 0 Å². The first kappa shape index (κ1) is 28.7. The minimum absolute atomic E-state index is 0.120. The minimum Gasteiger partial charge on any atom is -0.494 e. The topological polar surface area (TPSA) is 67.9 Å². The number of hydrogen-bond donors (Lipinski definition) is 1. The first-order valence-electron chi connectivity index (χ1n) is 14.0. The molecule has 1 fully saturated rings. The average Bonchev–Trinajstić information content (AvgIpc) is 2.98. The number of ether oxygens (including phenoxy) is 2. The van der Waals surface area contributed by atoms with E-state index in [1.807, 2.05) is 42.5 Å². The molecule has 2 heterocycles. The second-order valence-corrected chi connectivity index (χ2v) is 10.5. The fourth-order valence-corrected chi connectivity index (χ4v) is 5.56. The van der Waals surface area contributed by atoms with Crippen molar-refractivity contribution in [3.63, 3.8) is 0 Å². The number of carbonyl (C=O) groups is 2. The fraction of sp³-hybridized carbons (Fsp3) is 0.375. The lowest BCUT2D eigenvalue weighted by molar-refractivity contribution is -0.189. The van der Waals surface area contributed by atoms with Crippen LogP contribution in [0.5, 0.6) is 11.5 Å². The summed E-state index contributed by atoms with van der Waals surface area (Å²) in [6.07, 6.45) is 0.447. The maximum atomic E-state index is 13.5. The van der Waals surface area contributed by atoms with Crippen molar-refractivity contribution in [2.24, 2.45) is 0 Å². The van der Waals surface area contributed by atoms with Gasteiger partial charge in [0.15, 0.2) is 0 Å². The molecule has 5 rings (SSSR count). The molecule has 3 aromatic carbocycles. The molecular weight excluding hydrogens is 533 g/mol. The molecule has 1 saturated heterocycles. The minimum atomic E-state index is -5.08. The number of fused-ring (bicyclic) bond motifs is 1. The van der Waals surface area contributed by atoms with E-state index >= 15 is 0 Å². The lowest BCUT2D eigenvalue weighted by atomic mass is 9.88. The molecule has 216 valence electrons. The molecule has 41 heavy (non-hydrogen) atoms. The summed E-state index contributed by atoms with van der Waals surface area (Å²) in [4.78, 5) is 26.7. The summed E-state index contributed by atoms with van der Waals surface area (Å²) in [5.41, 5.74) is 3.11. The van der Waals surface area contributed by atoms with Crippen molar-refractivity contribution in [2.45, 2.75) is 56.8 Å². The molecule has 0 spiro atoms. The summed E-state index contributed by atoms with van der Waals surface area (Å²) < 4.78 is 48.7. The fourth-order valence-electron chi connectivity index (χ4n) is 5.56. The summed E-state index contributed by atoms with van der Waals surface area (Å²) in [6, 6.07) is 21.4.